The van der Waals surface area contributed by atoms with Crippen molar-refractivity contribution in [2.45, 2.75) is 47.1 Å². The fourth-order valence-electron chi connectivity index (χ4n) is 1.69. The second kappa shape index (κ2) is 6.14. The second-order valence-corrected chi connectivity index (χ2v) is 3.70. The fourth-order valence-corrected chi connectivity index (χ4v) is 1.69. The Balaban J connectivity index is 4.38. The Bertz CT molecular complexity index is 150. The van der Waals surface area contributed by atoms with E-state index >= 15 is 0 Å². The monoisotopic (exact) mass is 185 g/mol. The first kappa shape index (κ1) is 12.6. The zero-order valence-electron chi connectivity index (χ0n) is 9.63. The summed E-state index contributed by atoms with van der Waals surface area (Å²) in [5.41, 5.74) is 0. The van der Waals surface area contributed by atoms with Gasteiger partial charge in [0.2, 0.25) is 0 Å². The van der Waals surface area contributed by atoms with Gasteiger partial charge in [0, 0.05) is 5.92 Å². The van der Waals surface area contributed by atoms with Gasteiger partial charge in [0.05, 0.1) is 6.04 Å². The maximum atomic E-state index is 11.8. The minimum absolute atomic E-state index is 0.134. The molecule has 0 aromatic heterocycles. The van der Waals surface area contributed by atoms with Crippen LogP contribution in [0.4, 0.5) is 0 Å². The molecule has 0 aliphatic heterocycles. The van der Waals surface area contributed by atoms with E-state index in [-0.39, 0.29) is 12.0 Å². The molecule has 0 aromatic carbocycles. The molecule has 2 nitrogen and oxygen atoms in total. The molecule has 0 radical (unpaired) electrons. The topological polar surface area (TPSA) is 20.3 Å². The van der Waals surface area contributed by atoms with Crippen LogP contribution in [0.15, 0.2) is 0 Å². The van der Waals surface area contributed by atoms with E-state index in [2.05, 4.69) is 25.7 Å². The summed E-state index contributed by atoms with van der Waals surface area (Å²) < 4.78 is 0. The molecule has 0 saturated carbocycles. The van der Waals surface area contributed by atoms with Gasteiger partial charge in [-0.1, -0.05) is 34.6 Å². The number of ketones is 1. The van der Waals surface area contributed by atoms with Gasteiger partial charge in [-0.3, -0.25) is 9.69 Å². The molecule has 78 valence electrons. The summed E-state index contributed by atoms with van der Waals surface area (Å²) in [4.78, 5) is 14.0. The fraction of sp³-hybridized carbons (Fsp3) is 0.909. The molecule has 0 heterocycles. The normalized spacial score (nSPS) is 13.8. The highest BCUT2D eigenvalue weighted by Crippen LogP contribution is 2.10. The third-order valence-electron chi connectivity index (χ3n) is 2.54. The highest BCUT2D eigenvalue weighted by molar-refractivity contribution is 5.85. The van der Waals surface area contributed by atoms with Crippen LogP contribution in [-0.2, 0) is 4.79 Å². The predicted molar refractivity (Wildman–Crippen MR) is 56.8 cm³/mol. The van der Waals surface area contributed by atoms with E-state index in [0.29, 0.717) is 5.78 Å². The van der Waals surface area contributed by atoms with Crippen molar-refractivity contribution in [2.75, 3.05) is 13.1 Å². The molecule has 0 rings (SSSR count). The van der Waals surface area contributed by atoms with Gasteiger partial charge in [-0.05, 0) is 19.5 Å². The Morgan fingerprint density at radius 2 is 1.62 bits per heavy atom. The number of rotatable bonds is 6. The molecular weight excluding hydrogens is 162 g/mol. The minimum Gasteiger partial charge on any atom is -0.298 e. The molecule has 2 heteroatoms. The molecule has 1 atom stereocenters. The Hall–Kier alpha value is -0.370. The number of carbonyl (C=O) groups excluding carboxylic acids is 1. The first-order valence-corrected chi connectivity index (χ1v) is 5.36. The lowest BCUT2D eigenvalue weighted by Gasteiger charge is -2.28. The Morgan fingerprint density at radius 3 is 1.85 bits per heavy atom. The summed E-state index contributed by atoms with van der Waals surface area (Å²) in [7, 11) is 0. The molecule has 0 fully saturated rings. The van der Waals surface area contributed by atoms with E-state index in [0.717, 1.165) is 19.5 Å². The Kier molecular flexibility index (Phi) is 5.97. The van der Waals surface area contributed by atoms with Gasteiger partial charge in [0.1, 0.15) is 0 Å². The second-order valence-electron chi connectivity index (χ2n) is 3.70. The van der Waals surface area contributed by atoms with Crippen LogP contribution in [0, 0.1) is 5.92 Å². The smallest absolute Gasteiger partial charge is 0.152 e. The third-order valence-corrected chi connectivity index (χ3v) is 2.54. The maximum absolute atomic E-state index is 11.8. The van der Waals surface area contributed by atoms with Crippen LogP contribution in [0.1, 0.15) is 41.0 Å². The van der Waals surface area contributed by atoms with Crippen molar-refractivity contribution in [3.05, 3.63) is 0 Å². The van der Waals surface area contributed by atoms with Crippen molar-refractivity contribution in [1.82, 2.24) is 4.90 Å². The molecule has 0 aliphatic carbocycles. The molecule has 13 heavy (non-hydrogen) atoms. The highest BCUT2D eigenvalue weighted by Gasteiger charge is 2.23. The van der Waals surface area contributed by atoms with Crippen LogP contribution in [0.3, 0.4) is 0 Å². The van der Waals surface area contributed by atoms with Gasteiger partial charge in [-0.2, -0.15) is 0 Å². The molecule has 1 unspecified atom stereocenters. The maximum Gasteiger partial charge on any atom is 0.152 e. The summed E-state index contributed by atoms with van der Waals surface area (Å²) in [6.07, 6.45) is 0.929. The largest absolute Gasteiger partial charge is 0.298 e. The summed E-state index contributed by atoms with van der Waals surface area (Å²) >= 11 is 0. The van der Waals surface area contributed by atoms with E-state index in [9.17, 15) is 4.79 Å². The first-order chi connectivity index (χ1) is 6.08. The van der Waals surface area contributed by atoms with Gasteiger partial charge < -0.3 is 0 Å². The van der Waals surface area contributed by atoms with Gasteiger partial charge in [-0.25, -0.2) is 0 Å². The first-order valence-electron chi connectivity index (χ1n) is 5.36. The summed E-state index contributed by atoms with van der Waals surface area (Å²) in [5, 5.41) is 0. The molecule has 0 aromatic rings. The lowest BCUT2D eigenvalue weighted by Crippen LogP contribution is -2.42. The number of hydrogen-bond donors (Lipinski definition) is 0. The lowest BCUT2D eigenvalue weighted by molar-refractivity contribution is -0.127. The molecule has 0 amide bonds. The van der Waals surface area contributed by atoms with Crippen LogP contribution < -0.4 is 0 Å². The summed E-state index contributed by atoms with van der Waals surface area (Å²) in [6.45, 7) is 12.2. The molecule has 0 saturated heterocycles. The number of carbonyl (C=O) groups is 1. The Labute approximate surface area is 82.3 Å². The lowest BCUT2D eigenvalue weighted by atomic mass is 9.98. The number of hydrogen-bond acceptors (Lipinski definition) is 2. The van der Waals surface area contributed by atoms with Crippen LogP contribution in [0.2, 0.25) is 0 Å². The minimum atomic E-state index is 0.134. The van der Waals surface area contributed by atoms with E-state index in [1.807, 2.05) is 13.8 Å². The van der Waals surface area contributed by atoms with E-state index < -0.39 is 0 Å². The van der Waals surface area contributed by atoms with Crippen LogP contribution >= 0.6 is 0 Å². The van der Waals surface area contributed by atoms with E-state index in [1.54, 1.807) is 0 Å². The zero-order chi connectivity index (χ0) is 10.4. The molecule has 0 bridgehead atoms. The van der Waals surface area contributed by atoms with E-state index in [1.165, 1.54) is 0 Å². The SMILES string of the molecule is CCC(C(=O)C(C)C)N(CC)CC. The Morgan fingerprint density at radius 1 is 1.15 bits per heavy atom. The molecule has 0 N–H and O–H groups in total. The van der Waals surface area contributed by atoms with Gasteiger partial charge in [0.15, 0.2) is 5.78 Å². The van der Waals surface area contributed by atoms with Crippen LogP contribution in [0.5, 0.6) is 0 Å². The van der Waals surface area contributed by atoms with Gasteiger partial charge in [-0.15, -0.1) is 0 Å². The quantitative estimate of drug-likeness (QED) is 0.633. The van der Waals surface area contributed by atoms with E-state index in [4.69, 9.17) is 0 Å². The summed E-state index contributed by atoms with van der Waals surface area (Å²) in [5.74, 6) is 0.539. The van der Waals surface area contributed by atoms with Crippen LogP contribution in [-0.4, -0.2) is 29.8 Å². The van der Waals surface area contributed by atoms with Crippen molar-refractivity contribution in [1.29, 1.82) is 0 Å². The standard InChI is InChI=1S/C11H23NO/c1-6-10(11(13)9(4)5)12(7-2)8-3/h9-10H,6-8H2,1-5H3. The van der Waals surface area contributed by atoms with Crippen molar-refractivity contribution in [3.8, 4) is 0 Å². The van der Waals surface area contributed by atoms with Crippen LogP contribution in [0.25, 0.3) is 0 Å². The predicted octanol–water partition coefficient (Wildman–Crippen LogP) is 2.33. The average molecular weight is 185 g/mol. The van der Waals surface area contributed by atoms with Crippen molar-refractivity contribution < 1.29 is 4.79 Å². The van der Waals surface area contributed by atoms with Crippen molar-refractivity contribution in [3.63, 3.8) is 0 Å². The average Bonchev–Trinajstić information content (AvgIpc) is 2.12. The molecular formula is C11H23NO. The molecule has 0 aliphatic rings. The number of likely N-dealkylation sites (N-methyl/N-ethyl adjacent to an activating group) is 1. The summed E-state index contributed by atoms with van der Waals surface area (Å²) in [6, 6.07) is 0.134. The van der Waals surface area contributed by atoms with Crippen molar-refractivity contribution >= 4 is 5.78 Å². The van der Waals surface area contributed by atoms with Gasteiger partial charge in [0.25, 0.3) is 0 Å². The van der Waals surface area contributed by atoms with Crippen molar-refractivity contribution in [2.24, 2.45) is 5.92 Å². The number of Topliss-reactive ketones (excluding diaryl/α,β-unsaturated/α-hetero) is 1. The number of nitrogens with zero attached hydrogens (tertiary/aromatic N) is 1. The van der Waals surface area contributed by atoms with Gasteiger partial charge >= 0.3 is 0 Å². The highest BCUT2D eigenvalue weighted by atomic mass is 16.1. The zero-order valence-corrected chi connectivity index (χ0v) is 9.63. The third kappa shape index (κ3) is 3.47. The molecule has 0 spiro atoms.